The Balaban J connectivity index is 1.73. The van der Waals surface area contributed by atoms with Crippen molar-refractivity contribution in [3.63, 3.8) is 0 Å². The maximum atomic E-state index is 12.9. The van der Waals surface area contributed by atoms with E-state index in [0.29, 0.717) is 6.54 Å². The van der Waals surface area contributed by atoms with Crippen LogP contribution < -0.4 is 5.73 Å². The average molecular weight is 347 g/mol. The minimum atomic E-state index is 0.0642. The van der Waals surface area contributed by atoms with Crippen LogP contribution >= 0.6 is 23.1 Å². The van der Waals surface area contributed by atoms with Gasteiger partial charge in [0, 0.05) is 28.6 Å². The monoisotopic (exact) mass is 346 g/mol. The van der Waals surface area contributed by atoms with Gasteiger partial charge >= 0.3 is 0 Å². The molecule has 1 amide bonds. The summed E-state index contributed by atoms with van der Waals surface area (Å²) in [6.07, 6.45) is 0.986. The Labute approximate surface area is 145 Å². The number of amides is 1. The van der Waals surface area contributed by atoms with Crippen molar-refractivity contribution in [2.45, 2.75) is 24.0 Å². The largest absolute Gasteiger partial charge is 0.338 e. The van der Waals surface area contributed by atoms with Gasteiger partial charge in [0.15, 0.2) is 0 Å². The van der Waals surface area contributed by atoms with Gasteiger partial charge in [-0.2, -0.15) is 0 Å². The first-order chi connectivity index (χ1) is 11.1. The van der Waals surface area contributed by atoms with E-state index in [1.807, 2.05) is 29.2 Å². The van der Waals surface area contributed by atoms with Crippen LogP contribution in [0, 0.1) is 5.41 Å². The number of nitrogens with two attached hydrogens (primary N) is 1. The molecule has 2 heterocycles. The molecule has 23 heavy (non-hydrogen) atoms. The molecule has 1 aliphatic rings. The Morgan fingerprint density at radius 2 is 2.17 bits per heavy atom. The lowest BCUT2D eigenvalue weighted by atomic mass is 9.90. The second-order valence-electron chi connectivity index (χ2n) is 6.36. The molecule has 0 aliphatic carbocycles. The fourth-order valence-corrected chi connectivity index (χ4v) is 4.66. The van der Waals surface area contributed by atoms with Crippen LogP contribution in [0.4, 0.5) is 0 Å². The zero-order chi connectivity index (χ0) is 16.3. The lowest BCUT2D eigenvalue weighted by molar-refractivity contribution is 0.0773. The molecule has 1 saturated heterocycles. The van der Waals surface area contributed by atoms with E-state index in [1.54, 1.807) is 23.1 Å². The van der Waals surface area contributed by atoms with Gasteiger partial charge in [-0.15, -0.1) is 23.1 Å². The number of thiophene rings is 1. The molecule has 0 saturated carbocycles. The van der Waals surface area contributed by atoms with Crippen molar-refractivity contribution >= 4 is 29.0 Å². The fraction of sp³-hybridized carbons (Fsp3) is 0.389. The highest BCUT2D eigenvalue weighted by molar-refractivity contribution is 7.98. The predicted molar refractivity (Wildman–Crippen MR) is 98.0 cm³/mol. The van der Waals surface area contributed by atoms with Gasteiger partial charge in [-0.1, -0.05) is 25.1 Å². The van der Waals surface area contributed by atoms with E-state index in [4.69, 9.17) is 5.73 Å². The van der Waals surface area contributed by atoms with Crippen molar-refractivity contribution in [1.82, 2.24) is 4.90 Å². The molecule has 122 valence electrons. The minimum absolute atomic E-state index is 0.0642. The molecule has 0 spiro atoms. The quantitative estimate of drug-likeness (QED) is 0.837. The molecule has 3 rings (SSSR count). The van der Waals surface area contributed by atoms with Gasteiger partial charge in [0.25, 0.3) is 5.91 Å². The van der Waals surface area contributed by atoms with Crippen LogP contribution in [0.2, 0.25) is 0 Å². The number of likely N-dealkylation sites (tertiary alicyclic amines) is 1. The topological polar surface area (TPSA) is 46.3 Å². The number of benzene rings is 1. The third-order valence-electron chi connectivity index (χ3n) is 4.41. The number of hydrogen-bond acceptors (Lipinski definition) is 4. The molecule has 1 aromatic carbocycles. The summed E-state index contributed by atoms with van der Waals surface area (Å²) in [6, 6.07) is 12.1. The smallest absolute Gasteiger partial charge is 0.255 e. The Morgan fingerprint density at radius 1 is 1.35 bits per heavy atom. The van der Waals surface area contributed by atoms with Crippen molar-refractivity contribution in [1.29, 1.82) is 0 Å². The van der Waals surface area contributed by atoms with Crippen molar-refractivity contribution in [2.24, 2.45) is 11.1 Å². The van der Waals surface area contributed by atoms with Crippen molar-refractivity contribution in [3.05, 3.63) is 52.2 Å². The van der Waals surface area contributed by atoms with Gasteiger partial charge in [-0.25, -0.2) is 0 Å². The fourth-order valence-electron chi connectivity index (χ4n) is 2.85. The van der Waals surface area contributed by atoms with E-state index in [2.05, 4.69) is 24.4 Å². The number of thioether (sulfide) groups is 1. The highest BCUT2D eigenvalue weighted by Gasteiger charge is 2.35. The normalized spacial score (nSPS) is 20.9. The third-order valence-corrected chi connectivity index (χ3v) is 6.59. The van der Waals surface area contributed by atoms with E-state index in [0.717, 1.165) is 35.7 Å². The van der Waals surface area contributed by atoms with Crippen LogP contribution in [0.3, 0.4) is 0 Å². The number of hydrogen-bond donors (Lipinski definition) is 1. The molecule has 3 nitrogen and oxygen atoms in total. The molecule has 0 bridgehead atoms. The van der Waals surface area contributed by atoms with Crippen LogP contribution in [0.15, 0.2) is 46.7 Å². The van der Waals surface area contributed by atoms with E-state index in [9.17, 15) is 4.79 Å². The van der Waals surface area contributed by atoms with E-state index in [-0.39, 0.29) is 11.3 Å². The van der Waals surface area contributed by atoms with Crippen molar-refractivity contribution in [3.8, 4) is 0 Å². The summed E-state index contributed by atoms with van der Waals surface area (Å²) in [5, 5.41) is 2.09. The zero-order valence-electron chi connectivity index (χ0n) is 13.3. The molecule has 1 aromatic heterocycles. The molecular weight excluding hydrogens is 324 g/mol. The van der Waals surface area contributed by atoms with Gasteiger partial charge in [0.2, 0.25) is 0 Å². The number of carbonyl (C=O) groups excluding carboxylic acids is 1. The van der Waals surface area contributed by atoms with Crippen LogP contribution in [0.5, 0.6) is 0 Å². The summed E-state index contributed by atoms with van der Waals surface area (Å²) in [4.78, 5) is 17.3. The maximum Gasteiger partial charge on any atom is 0.255 e. The van der Waals surface area contributed by atoms with Gasteiger partial charge in [-0.3, -0.25) is 4.79 Å². The summed E-state index contributed by atoms with van der Waals surface area (Å²) >= 11 is 3.49. The molecule has 5 heteroatoms. The summed E-state index contributed by atoms with van der Waals surface area (Å²) in [7, 11) is 0. The molecule has 2 N–H and O–H groups in total. The lowest BCUT2D eigenvalue weighted by Crippen LogP contribution is -2.34. The van der Waals surface area contributed by atoms with Crippen LogP contribution in [0.25, 0.3) is 0 Å². The van der Waals surface area contributed by atoms with Crippen LogP contribution in [0.1, 0.15) is 28.6 Å². The molecule has 1 fully saturated rings. The second kappa shape index (κ2) is 7.07. The predicted octanol–water partition coefficient (Wildman–Crippen LogP) is 3.85. The number of nitrogens with zero attached hydrogens (tertiary/aromatic N) is 1. The Morgan fingerprint density at radius 3 is 2.87 bits per heavy atom. The highest BCUT2D eigenvalue weighted by Crippen LogP contribution is 2.32. The molecule has 1 atom stereocenters. The summed E-state index contributed by atoms with van der Waals surface area (Å²) in [5.41, 5.74) is 6.74. The molecular formula is C18H22N2OS2. The van der Waals surface area contributed by atoms with Crippen LogP contribution in [-0.4, -0.2) is 30.4 Å². The van der Waals surface area contributed by atoms with Gasteiger partial charge < -0.3 is 10.6 Å². The van der Waals surface area contributed by atoms with E-state index < -0.39 is 0 Å². The number of rotatable bonds is 5. The summed E-state index contributed by atoms with van der Waals surface area (Å²) in [6.45, 7) is 4.35. The van der Waals surface area contributed by atoms with Gasteiger partial charge in [-0.05, 0) is 42.0 Å². The Kier molecular flexibility index (Phi) is 5.09. The molecule has 0 radical (unpaired) electrons. The third kappa shape index (κ3) is 3.79. The molecule has 1 aliphatic heterocycles. The van der Waals surface area contributed by atoms with E-state index >= 15 is 0 Å². The first-order valence-electron chi connectivity index (χ1n) is 7.85. The highest BCUT2D eigenvalue weighted by atomic mass is 32.2. The van der Waals surface area contributed by atoms with E-state index in [1.165, 1.54) is 4.88 Å². The Hall–Kier alpha value is -1.30. The van der Waals surface area contributed by atoms with Crippen LogP contribution in [-0.2, 0) is 5.75 Å². The maximum absolute atomic E-state index is 12.9. The summed E-state index contributed by atoms with van der Waals surface area (Å²) in [5.74, 6) is 1.04. The SMILES string of the molecule is CC1(CN)CCN(C(=O)c2ccccc2SCc2cccs2)C1. The van der Waals surface area contributed by atoms with Gasteiger partial charge in [0.1, 0.15) is 0 Å². The van der Waals surface area contributed by atoms with Crippen molar-refractivity contribution in [2.75, 3.05) is 19.6 Å². The Bertz CT molecular complexity index is 671. The second-order valence-corrected chi connectivity index (χ2v) is 8.41. The molecule has 1 unspecified atom stereocenters. The standard InChI is InChI=1S/C18H22N2OS2/c1-18(12-19)8-9-20(13-18)17(21)15-6-2-3-7-16(15)23-11-14-5-4-10-22-14/h2-7,10H,8-9,11-13,19H2,1H3. The summed E-state index contributed by atoms with van der Waals surface area (Å²) < 4.78 is 0. The van der Waals surface area contributed by atoms with Gasteiger partial charge in [0.05, 0.1) is 5.56 Å². The first kappa shape index (κ1) is 16.6. The lowest BCUT2D eigenvalue weighted by Gasteiger charge is -2.23. The first-order valence-corrected chi connectivity index (χ1v) is 9.71. The number of carbonyl (C=O) groups is 1. The van der Waals surface area contributed by atoms with Crippen molar-refractivity contribution < 1.29 is 4.79 Å². The molecule has 2 aromatic rings. The minimum Gasteiger partial charge on any atom is -0.338 e. The zero-order valence-corrected chi connectivity index (χ0v) is 15.0. The average Bonchev–Trinajstić information content (AvgIpc) is 3.23.